The number of aryl methyl sites for hydroxylation is 1. The van der Waals surface area contributed by atoms with Gasteiger partial charge in [0.05, 0.1) is 12.6 Å². The number of nitrogens with one attached hydrogen (secondary N) is 1. The van der Waals surface area contributed by atoms with E-state index in [4.69, 9.17) is 4.74 Å². The monoisotopic (exact) mass is 364 g/mol. The second-order valence-corrected chi connectivity index (χ2v) is 6.94. The normalized spacial score (nSPS) is 18.2. The first-order chi connectivity index (χ1) is 11.6. The van der Waals surface area contributed by atoms with Crippen molar-refractivity contribution in [3.63, 3.8) is 0 Å². The van der Waals surface area contributed by atoms with Crippen LogP contribution in [-0.4, -0.2) is 40.7 Å². The van der Waals surface area contributed by atoms with E-state index in [1.165, 1.54) is 5.56 Å². The predicted octanol–water partition coefficient (Wildman–Crippen LogP) is 3.02. The average Bonchev–Trinajstić information content (AvgIpc) is 3.00. The molecule has 2 aromatic rings. The SMILES string of the molecule is CC(C)COc1cccc(CN2CCNCC2c2nccn2C)c1.Cl. The molecule has 138 valence electrons. The fourth-order valence-corrected chi connectivity index (χ4v) is 3.12. The van der Waals surface area contributed by atoms with E-state index in [2.05, 4.69) is 58.9 Å². The van der Waals surface area contributed by atoms with E-state index in [0.29, 0.717) is 12.0 Å². The molecule has 1 aromatic carbocycles. The molecule has 6 heteroatoms. The van der Waals surface area contributed by atoms with Crippen LogP contribution in [0.2, 0.25) is 0 Å². The number of rotatable bonds is 6. The smallest absolute Gasteiger partial charge is 0.127 e. The lowest BCUT2D eigenvalue weighted by Gasteiger charge is -2.35. The molecule has 1 N–H and O–H groups in total. The summed E-state index contributed by atoms with van der Waals surface area (Å²) in [5, 5.41) is 3.49. The van der Waals surface area contributed by atoms with E-state index in [-0.39, 0.29) is 12.4 Å². The summed E-state index contributed by atoms with van der Waals surface area (Å²) in [6, 6.07) is 8.78. The third-order valence-electron chi connectivity index (χ3n) is 4.38. The molecule has 1 fully saturated rings. The van der Waals surface area contributed by atoms with Gasteiger partial charge >= 0.3 is 0 Å². The maximum absolute atomic E-state index is 5.87. The second-order valence-electron chi connectivity index (χ2n) is 6.94. The Labute approximate surface area is 156 Å². The topological polar surface area (TPSA) is 42.3 Å². The van der Waals surface area contributed by atoms with E-state index in [0.717, 1.165) is 44.4 Å². The molecule has 1 atom stereocenters. The van der Waals surface area contributed by atoms with Crippen molar-refractivity contribution in [2.45, 2.75) is 26.4 Å². The average molecular weight is 365 g/mol. The number of halogens is 1. The van der Waals surface area contributed by atoms with Crippen molar-refractivity contribution < 1.29 is 4.74 Å². The van der Waals surface area contributed by atoms with Crippen molar-refractivity contribution in [1.29, 1.82) is 0 Å². The Kier molecular flexibility index (Phi) is 7.29. The van der Waals surface area contributed by atoms with E-state index < -0.39 is 0 Å². The van der Waals surface area contributed by atoms with Crippen molar-refractivity contribution >= 4 is 12.4 Å². The standard InChI is InChI=1S/C19H28N4O.ClH/c1-15(2)14-24-17-6-4-5-16(11-17)13-23-10-7-20-12-18(23)19-21-8-9-22(19)3;/h4-6,8-9,11,15,18,20H,7,10,12-14H2,1-3H3;1H. The summed E-state index contributed by atoms with van der Waals surface area (Å²) in [6.07, 6.45) is 3.89. The molecular weight excluding hydrogens is 336 g/mol. The fraction of sp³-hybridized carbons (Fsp3) is 0.526. The highest BCUT2D eigenvalue weighted by atomic mass is 35.5. The second kappa shape index (κ2) is 9.22. The Hall–Kier alpha value is -1.56. The van der Waals surface area contributed by atoms with Gasteiger partial charge in [-0.3, -0.25) is 4.90 Å². The van der Waals surface area contributed by atoms with Crippen LogP contribution >= 0.6 is 12.4 Å². The minimum absolute atomic E-state index is 0. The molecule has 2 heterocycles. The van der Waals surface area contributed by atoms with Crippen LogP contribution in [0, 0.1) is 5.92 Å². The lowest BCUT2D eigenvalue weighted by atomic mass is 10.1. The fourth-order valence-electron chi connectivity index (χ4n) is 3.12. The summed E-state index contributed by atoms with van der Waals surface area (Å²) >= 11 is 0. The first-order valence-corrected chi connectivity index (χ1v) is 8.77. The zero-order valence-corrected chi connectivity index (χ0v) is 16.1. The first kappa shape index (κ1) is 19.8. The molecule has 1 aromatic heterocycles. The molecule has 0 radical (unpaired) electrons. The van der Waals surface area contributed by atoms with Crippen LogP contribution in [0.5, 0.6) is 5.75 Å². The number of ether oxygens (including phenoxy) is 1. The van der Waals surface area contributed by atoms with Gasteiger partial charge in [0.1, 0.15) is 11.6 Å². The molecule has 0 aliphatic carbocycles. The highest BCUT2D eigenvalue weighted by Crippen LogP contribution is 2.24. The maximum atomic E-state index is 5.87. The molecule has 1 aliphatic heterocycles. The van der Waals surface area contributed by atoms with Gasteiger partial charge in [-0.1, -0.05) is 26.0 Å². The van der Waals surface area contributed by atoms with Crippen LogP contribution in [0.3, 0.4) is 0 Å². The summed E-state index contributed by atoms with van der Waals surface area (Å²) in [6.45, 7) is 8.99. The number of benzene rings is 1. The summed E-state index contributed by atoms with van der Waals surface area (Å²) < 4.78 is 7.99. The number of hydrogen-bond donors (Lipinski definition) is 1. The van der Waals surface area contributed by atoms with Crippen LogP contribution in [-0.2, 0) is 13.6 Å². The van der Waals surface area contributed by atoms with E-state index in [1.807, 2.05) is 18.5 Å². The van der Waals surface area contributed by atoms with Crippen LogP contribution < -0.4 is 10.1 Å². The Morgan fingerprint density at radius 2 is 2.20 bits per heavy atom. The molecule has 25 heavy (non-hydrogen) atoms. The molecule has 1 unspecified atom stereocenters. The third kappa shape index (κ3) is 5.21. The first-order valence-electron chi connectivity index (χ1n) is 8.77. The van der Waals surface area contributed by atoms with E-state index in [1.54, 1.807) is 0 Å². The van der Waals surface area contributed by atoms with Gasteiger partial charge in [-0.2, -0.15) is 0 Å². The van der Waals surface area contributed by atoms with Gasteiger partial charge in [0.25, 0.3) is 0 Å². The van der Waals surface area contributed by atoms with Crippen LogP contribution in [0.25, 0.3) is 0 Å². The van der Waals surface area contributed by atoms with Gasteiger partial charge in [0.15, 0.2) is 0 Å². The van der Waals surface area contributed by atoms with E-state index >= 15 is 0 Å². The molecule has 0 bridgehead atoms. The molecule has 0 amide bonds. The maximum Gasteiger partial charge on any atom is 0.127 e. The lowest BCUT2D eigenvalue weighted by Crippen LogP contribution is -2.46. The zero-order valence-electron chi connectivity index (χ0n) is 15.3. The lowest BCUT2D eigenvalue weighted by molar-refractivity contribution is 0.144. The number of hydrogen-bond acceptors (Lipinski definition) is 4. The van der Waals surface area contributed by atoms with Crippen molar-refractivity contribution in [3.05, 3.63) is 48.0 Å². The zero-order chi connectivity index (χ0) is 16.9. The number of piperazine rings is 1. The summed E-state index contributed by atoms with van der Waals surface area (Å²) in [5.74, 6) is 2.62. The minimum Gasteiger partial charge on any atom is -0.493 e. The summed E-state index contributed by atoms with van der Waals surface area (Å²) in [7, 11) is 2.06. The Morgan fingerprint density at radius 3 is 2.92 bits per heavy atom. The van der Waals surface area contributed by atoms with Crippen molar-refractivity contribution in [2.24, 2.45) is 13.0 Å². The van der Waals surface area contributed by atoms with Crippen LogP contribution in [0.15, 0.2) is 36.7 Å². The minimum atomic E-state index is 0. The highest BCUT2D eigenvalue weighted by molar-refractivity contribution is 5.85. The Bertz CT molecular complexity index is 658. The molecule has 1 aliphatic rings. The summed E-state index contributed by atoms with van der Waals surface area (Å²) in [4.78, 5) is 7.05. The molecular formula is C19H29ClN4O. The van der Waals surface area contributed by atoms with Gasteiger partial charge in [0, 0.05) is 45.6 Å². The Balaban J connectivity index is 0.00000225. The largest absolute Gasteiger partial charge is 0.493 e. The van der Waals surface area contributed by atoms with Crippen molar-refractivity contribution in [3.8, 4) is 5.75 Å². The van der Waals surface area contributed by atoms with Crippen molar-refractivity contribution in [2.75, 3.05) is 26.2 Å². The highest BCUT2D eigenvalue weighted by Gasteiger charge is 2.26. The van der Waals surface area contributed by atoms with Gasteiger partial charge < -0.3 is 14.6 Å². The number of aromatic nitrogens is 2. The summed E-state index contributed by atoms with van der Waals surface area (Å²) in [5.41, 5.74) is 1.29. The molecule has 5 nitrogen and oxygen atoms in total. The van der Waals surface area contributed by atoms with Crippen LogP contribution in [0.4, 0.5) is 0 Å². The Morgan fingerprint density at radius 1 is 1.36 bits per heavy atom. The van der Waals surface area contributed by atoms with Gasteiger partial charge in [-0.25, -0.2) is 4.98 Å². The van der Waals surface area contributed by atoms with Crippen LogP contribution in [0.1, 0.15) is 31.3 Å². The van der Waals surface area contributed by atoms with Crippen molar-refractivity contribution in [1.82, 2.24) is 19.8 Å². The number of nitrogens with zero attached hydrogens (tertiary/aromatic N) is 3. The van der Waals surface area contributed by atoms with Gasteiger partial charge in [0.2, 0.25) is 0 Å². The number of imidazole rings is 1. The molecule has 1 saturated heterocycles. The predicted molar refractivity (Wildman–Crippen MR) is 103 cm³/mol. The molecule has 3 rings (SSSR count). The van der Waals surface area contributed by atoms with Gasteiger partial charge in [-0.15, -0.1) is 12.4 Å². The molecule has 0 saturated carbocycles. The van der Waals surface area contributed by atoms with E-state index in [9.17, 15) is 0 Å². The van der Waals surface area contributed by atoms with Gasteiger partial charge in [-0.05, 0) is 23.6 Å². The molecule has 0 spiro atoms. The quantitative estimate of drug-likeness (QED) is 0.855. The third-order valence-corrected chi connectivity index (χ3v) is 4.38.